The van der Waals surface area contributed by atoms with Crippen molar-refractivity contribution < 1.29 is 4.79 Å². The Morgan fingerprint density at radius 3 is 3.05 bits per heavy atom. The normalized spacial score (nSPS) is 25.5. The van der Waals surface area contributed by atoms with Crippen LogP contribution < -0.4 is 0 Å². The minimum Gasteiger partial charge on any atom is -0.357 e. The van der Waals surface area contributed by atoms with Crippen molar-refractivity contribution in [3.05, 3.63) is 45.2 Å². The predicted molar refractivity (Wildman–Crippen MR) is 97.3 cm³/mol. The van der Waals surface area contributed by atoms with E-state index in [1.54, 1.807) is 0 Å². The van der Waals surface area contributed by atoms with Crippen LogP contribution in [0, 0.1) is 0 Å². The van der Waals surface area contributed by atoms with Crippen molar-refractivity contribution in [2.24, 2.45) is 0 Å². The lowest BCUT2D eigenvalue weighted by Gasteiger charge is -2.44. The van der Waals surface area contributed by atoms with Gasteiger partial charge in [-0.2, -0.15) is 0 Å². The molecule has 1 saturated heterocycles. The maximum Gasteiger partial charge on any atom is 0.150 e. The summed E-state index contributed by atoms with van der Waals surface area (Å²) in [4.78, 5) is 18.5. The topological polar surface area (TPSA) is 36.1 Å². The molecule has 1 fully saturated rings. The Hall–Kier alpha value is -1.14. The molecule has 2 atom stereocenters. The molecule has 22 heavy (non-hydrogen) atoms. The van der Waals surface area contributed by atoms with Gasteiger partial charge in [-0.1, -0.05) is 24.3 Å². The van der Waals surface area contributed by atoms with Crippen LogP contribution in [0.3, 0.4) is 0 Å². The number of rotatable bonds is 2. The van der Waals surface area contributed by atoms with Gasteiger partial charge in [0.05, 0.1) is 12.1 Å². The van der Waals surface area contributed by atoms with E-state index in [-0.39, 0.29) is 6.04 Å². The average molecular weight is 406 g/mol. The number of H-pyrrole nitrogens is 1. The second-order valence-corrected chi connectivity index (χ2v) is 7.60. The second-order valence-electron chi connectivity index (χ2n) is 6.21. The molecule has 1 aromatic carbocycles. The van der Waals surface area contributed by atoms with Crippen LogP contribution in [-0.2, 0) is 11.2 Å². The van der Waals surface area contributed by atoms with Crippen molar-refractivity contribution in [1.29, 1.82) is 0 Å². The first-order chi connectivity index (χ1) is 10.7. The molecule has 1 N–H and O–H groups in total. The lowest BCUT2D eigenvalue weighted by molar-refractivity contribution is -0.129. The van der Waals surface area contributed by atoms with Crippen molar-refractivity contribution in [2.45, 2.75) is 38.3 Å². The summed E-state index contributed by atoms with van der Waals surface area (Å²) in [6.07, 6.45) is 4.64. The highest BCUT2D eigenvalue weighted by atomic mass is 127. The van der Waals surface area contributed by atoms with Crippen molar-refractivity contribution in [1.82, 2.24) is 9.88 Å². The molecule has 3 nitrogen and oxygen atoms in total. The van der Waals surface area contributed by atoms with E-state index in [0.29, 0.717) is 18.2 Å². The number of piperidine rings is 1. The van der Waals surface area contributed by atoms with Crippen LogP contribution in [0.4, 0.5) is 0 Å². The molecule has 1 aromatic heterocycles. The van der Waals surface area contributed by atoms with Crippen LogP contribution in [0.1, 0.15) is 37.1 Å². The number of aromatic amines is 1. The molecular weight excluding hydrogens is 387 g/mol. The Kier molecular flexibility index (Phi) is 3.61. The van der Waals surface area contributed by atoms with Crippen LogP contribution in [0.15, 0.2) is 33.9 Å². The molecule has 0 radical (unpaired) electrons. The molecule has 4 rings (SSSR count). The zero-order valence-corrected chi connectivity index (χ0v) is 14.8. The largest absolute Gasteiger partial charge is 0.357 e. The quantitative estimate of drug-likeness (QED) is 0.762. The Bertz CT molecular complexity index is 776. The molecule has 0 unspecified atom stereocenters. The van der Waals surface area contributed by atoms with Crippen LogP contribution in [-0.4, -0.2) is 28.3 Å². The summed E-state index contributed by atoms with van der Waals surface area (Å²) in [5, 5.41) is 1.29. The fraction of sp³-hybridized carbons (Fsp3) is 0.389. The number of halogens is 1. The van der Waals surface area contributed by atoms with E-state index >= 15 is 0 Å². The minimum absolute atomic E-state index is 0.0511. The van der Waals surface area contributed by atoms with Crippen molar-refractivity contribution in [3.8, 4) is 0 Å². The van der Waals surface area contributed by atoms with Gasteiger partial charge in [-0.3, -0.25) is 9.69 Å². The van der Waals surface area contributed by atoms with Gasteiger partial charge in [0.2, 0.25) is 0 Å². The van der Waals surface area contributed by atoms with E-state index in [4.69, 9.17) is 0 Å². The molecule has 2 aliphatic heterocycles. The van der Waals surface area contributed by atoms with Gasteiger partial charge in [-0.05, 0) is 54.0 Å². The predicted octanol–water partition coefficient (Wildman–Crippen LogP) is 4.14. The fourth-order valence-corrected chi connectivity index (χ4v) is 4.35. The molecule has 2 aromatic rings. The molecule has 4 heteroatoms. The maximum absolute atomic E-state index is 12.5. The number of ketones is 1. The van der Waals surface area contributed by atoms with E-state index < -0.39 is 0 Å². The number of aromatic nitrogens is 1. The number of fused-ring (bicyclic) bond motifs is 6. The molecule has 2 bridgehead atoms. The van der Waals surface area contributed by atoms with Crippen LogP contribution in [0.25, 0.3) is 10.9 Å². The molecule has 0 amide bonds. The summed E-state index contributed by atoms with van der Waals surface area (Å²) in [5.74, 6) is 0.410. The third kappa shape index (κ3) is 2.15. The first-order valence-electron chi connectivity index (χ1n) is 7.87. The average Bonchev–Trinajstić information content (AvgIpc) is 2.89. The number of carbonyl (C=O) groups is 1. The van der Waals surface area contributed by atoms with Crippen molar-refractivity contribution in [3.63, 3.8) is 0 Å². The van der Waals surface area contributed by atoms with E-state index in [9.17, 15) is 4.79 Å². The first-order valence-corrected chi connectivity index (χ1v) is 8.95. The lowest BCUT2D eigenvalue weighted by Crippen LogP contribution is -2.52. The number of carbonyl (C=O) groups excluding carboxylic acids is 1. The number of benzene rings is 1. The second kappa shape index (κ2) is 5.49. The number of hydrogen-bond acceptors (Lipinski definition) is 2. The number of allylic oxidation sites excluding steroid dienone is 1. The zero-order valence-electron chi connectivity index (χ0n) is 12.6. The molecule has 0 aliphatic carbocycles. The van der Waals surface area contributed by atoms with Crippen LogP contribution >= 0.6 is 22.6 Å². The Morgan fingerprint density at radius 2 is 2.23 bits per heavy atom. The van der Waals surface area contributed by atoms with E-state index in [1.807, 2.05) is 0 Å². The molecular formula is C18H19IN2O. The molecule has 2 aliphatic rings. The zero-order chi connectivity index (χ0) is 15.3. The van der Waals surface area contributed by atoms with E-state index in [1.165, 1.54) is 25.7 Å². The summed E-state index contributed by atoms with van der Waals surface area (Å²) in [6.45, 7) is 2.95. The van der Waals surface area contributed by atoms with Gasteiger partial charge in [0.25, 0.3) is 0 Å². The van der Waals surface area contributed by atoms with Gasteiger partial charge in [-0.15, -0.1) is 0 Å². The lowest BCUT2D eigenvalue weighted by atomic mass is 9.82. The highest BCUT2D eigenvalue weighted by molar-refractivity contribution is 14.1. The number of para-hydroxylation sites is 1. The first kappa shape index (κ1) is 14.5. The van der Waals surface area contributed by atoms with Gasteiger partial charge in [0.15, 0.2) is 0 Å². The van der Waals surface area contributed by atoms with Gasteiger partial charge >= 0.3 is 0 Å². The SMILES string of the molecule is C/C=C(\I)CN1[C@@H]2Cc3c([nH]c4ccccc34)[C@H]1CCC2=O. The van der Waals surface area contributed by atoms with Gasteiger partial charge in [0, 0.05) is 33.1 Å². The number of hydrogen-bond donors (Lipinski definition) is 1. The van der Waals surface area contributed by atoms with Gasteiger partial charge in [0.1, 0.15) is 5.78 Å². The Balaban J connectivity index is 1.84. The minimum atomic E-state index is 0.0511. The maximum atomic E-state index is 12.5. The highest BCUT2D eigenvalue weighted by Crippen LogP contribution is 2.43. The smallest absolute Gasteiger partial charge is 0.150 e. The fourth-order valence-electron chi connectivity index (χ4n) is 3.96. The summed E-state index contributed by atoms with van der Waals surface area (Å²) in [5.41, 5.74) is 3.91. The third-order valence-corrected chi connectivity index (χ3v) is 6.02. The number of Topliss-reactive ketones (excluding diaryl/α,β-unsaturated/α-hetero) is 1. The number of nitrogens with one attached hydrogen (secondary N) is 1. The van der Waals surface area contributed by atoms with Crippen molar-refractivity contribution >= 4 is 39.3 Å². The van der Waals surface area contributed by atoms with Gasteiger partial charge in [-0.25, -0.2) is 0 Å². The molecule has 0 spiro atoms. The summed E-state index contributed by atoms with van der Waals surface area (Å²) >= 11 is 2.39. The monoisotopic (exact) mass is 406 g/mol. The summed E-state index contributed by atoms with van der Waals surface area (Å²) in [6, 6.07) is 8.87. The van der Waals surface area contributed by atoms with Crippen LogP contribution in [0.5, 0.6) is 0 Å². The van der Waals surface area contributed by atoms with E-state index in [0.717, 1.165) is 19.4 Å². The summed E-state index contributed by atoms with van der Waals surface area (Å²) in [7, 11) is 0. The van der Waals surface area contributed by atoms with Gasteiger partial charge < -0.3 is 4.98 Å². The Labute approximate surface area is 143 Å². The third-order valence-electron chi connectivity index (χ3n) is 5.06. The standard InChI is InChI=1S/C18H19IN2O/c1-2-11(19)10-21-15-7-8-17(22)16(21)9-13-12-5-3-4-6-14(12)20-18(13)15/h2-6,15-16,20H,7-10H2,1H3/b11-2-/t15-,16-/m1/s1. The number of nitrogens with zero attached hydrogens (tertiary/aromatic N) is 1. The Morgan fingerprint density at radius 1 is 1.41 bits per heavy atom. The van der Waals surface area contributed by atoms with Crippen LogP contribution in [0.2, 0.25) is 0 Å². The van der Waals surface area contributed by atoms with E-state index in [2.05, 4.69) is 69.7 Å². The van der Waals surface area contributed by atoms with Crippen molar-refractivity contribution in [2.75, 3.05) is 6.54 Å². The highest BCUT2D eigenvalue weighted by Gasteiger charge is 2.43. The molecule has 114 valence electrons. The molecule has 0 saturated carbocycles. The molecule has 3 heterocycles. The summed E-state index contributed by atoms with van der Waals surface area (Å²) < 4.78 is 1.31.